The number of nitrogens with one attached hydrogen (secondary N) is 1. The van der Waals surface area contributed by atoms with Crippen LogP contribution in [0.2, 0.25) is 0 Å². The molecule has 45 heavy (non-hydrogen) atoms. The van der Waals surface area contributed by atoms with E-state index in [9.17, 15) is 18.0 Å². The molecule has 0 aliphatic heterocycles. The predicted octanol–water partition coefficient (Wildman–Crippen LogP) is 5.75. The Balaban J connectivity index is 1.78. The van der Waals surface area contributed by atoms with Crippen LogP contribution >= 0.6 is 0 Å². The quantitative estimate of drug-likeness (QED) is 0.192. The smallest absolute Gasteiger partial charge is 0.264 e. The third kappa shape index (κ3) is 8.95. The lowest BCUT2D eigenvalue weighted by Crippen LogP contribution is -2.54. The second-order valence-corrected chi connectivity index (χ2v) is 13.0. The summed E-state index contributed by atoms with van der Waals surface area (Å²) in [6, 6.07) is 30.8. The first-order valence-corrected chi connectivity index (χ1v) is 16.5. The highest BCUT2D eigenvalue weighted by Crippen LogP contribution is 2.26. The summed E-state index contributed by atoms with van der Waals surface area (Å²) < 4.78 is 34.9. The highest BCUT2D eigenvalue weighted by atomic mass is 32.2. The van der Waals surface area contributed by atoms with Gasteiger partial charge >= 0.3 is 0 Å². The Morgan fingerprint density at radius 2 is 1.44 bits per heavy atom. The third-order valence-electron chi connectivity index (χ3n) is 7.18. The number of rotatable bonds is 14. The second kappa shape index (κ2) is 15.4. The molecule has 1 atom stereocenters. The van der Waals surface area contributed by atoms with Crippen LogP contribution in [0.3, 0.4) is 0 Å². The number of hydrogen-bond acceptors (Lipinski definition) is 5. The maximum atomic E-state index is 14.5. The van der Waals surface area contributed by atoms with Gasteiger partial charge < -0.3 is 15.0 Å². The normalized spacial score (nSPS) is 11.9. The van der Waals surface area contributed by atoms with E-state index in [4.69, 9.17) is 4.74 Å². The van der Waals surface area contributed by atoms with Crippen molar-refractivity contribution in [2.45, 2.75) is 57.6 Å². The minimum Gasteiger partial charge on any atom is -0.494 e. The van der Waals surface area contributed by atoms with Crippen molar-refractivity contribution in [3.63, 3.8) is 0 Å². The molecule has 0 fully saturated rings. The summed E-state index contributed by atoms with van der Waals surface area (Å²) in [5.41, 5.74) is 3.06. The Morgan fingerprint density at radius 1 is 0.822 bits per heavy atom. The maximum Gasteiger partial charge on any atom is 0.264 e. The van der Waals surface area contributed by atoms with E-state index >= 15 is 0 Å². The Hall–Kier alpha value is -4.63. The minimum atomic E-state index is -4.19. The van der Waals surface area contributed by atoms with Gasteiger partial charge in [-0.05, 0) is 75.2 Å². The van der Waals surface area contributed by atoms with Crippen LogP contribution in [0.5, 0.6) is 5.75 Å². The van der Waals surface area contributed by atoms with Gasteiger partial charge in [-0.1, -0.05) is 78.4 Å². The van der Waals surface area contributed by atoms with Crippen LogP contribution in [-0.4, -0.2) is 50.4 Å². The number of sulfonamides is 1. The Morgan fingerprint density at radius 3 is 2.04 bits per heavy atom. The number of ether oxygens (including phenoxy) is 1. The van der Waals surface area contributed by atoms with Gasteiger partial charge in [-0.15, -0.1) is 0 Å². The van der Waals surface area contributed by atoms with E-state index in [1.54, 1.807) is 42.5 Å². The van der Waals surface area contributed by atoms with E-state index in [2.05, 4.69) is 5.32 Å². The number of carbonyl (C=O) groups excluding carboxylic acids is 2. The first-order chi connectivity index (χ1) is 21.6. The van der Waals surface area contributed by atoms with Gasteiger partial charge in [0, 0.05) is 19.0 Å². The summed E-state index contributed by atoms with van der Waals surface area (Å²) >= 11 is 0. The summed E-state index contributed by atoms with van der Waals surface area (Å²) in [6.07, 6.45) is 0.258. The molecule has 9 heteroatoms. The third-order valence-corrected chi connectivity index (χ3v) is 8.97. The Bertz CT molecular complexity index is 1660. The van der Waals surface area contributed by atoms with Gasteiger partial charge in [-0.2, -0.15) is 0 Å². The van der Waals surface area contributed by atoms with Crippen molar-refractivity contribution in [1.82, 2.24) is 10.2 Å². The first-order valence-electron chi connectivity index (χ1n) is 15.1. The topological polar surface area (TPSA) is 96.0 Å². The molecule has 0 heterocycles. The van der Waals surface area contributed by atoms with Crippen LogP contribution in [0.25, 0.3) is 0 Å². The minimum absolute atomic E-state index is 0.0197. The number of hydrogen-bond donors (Lipinski definition) is 1. The molecule has 1 N–H and O–H groups in total. The van der Waals surface area contributed by atoms with Gasteiger partial charge in [0.2, 0.25) is 11.8 Å². The molecule has 0 aliphatic carbocycles. The van der Waals surface area contributed by atoms with Gasteiger partial charge in [-0.3, -0.25) is 13.9 Å². The molecule has 0 spiro atoms. The number of para-hydroxylation sites is 1. The molecule has 0 bridgehead atoms. The fourth-order valence-corrected chi connectivity index (χ4v) is 6.48. The molecule has 4 aromatic rings. The van der Waals surface area contributed by atoms with Crippen molar-refractivity contribution in [2.75, 3.05) is 17.5 Å². The van der Waals surface area contributed by atoms with Crippen LogP contribution in [-0.2, 0) is 32.6 Å². The first kappa shape index (κ1) is 33.3. The molecule has 0 aromatic heterocycles. The average molecular weight is 628 g/mol. The van der Waals surface area contributed by atoms with Crippen molar-refractivity contribution in [3.05, 3.63) is 126 Å². The fraction of sp³-hybridized carbons (Fsp3) is 0.278. The maximum absolute atomic E-state index is 14.5. The molecule has 8 nitrogen and oxygen atoms in total. The van der Waals surface area contributed by atoms with Gasteiger partial charge in [0.15, 0.2) is 0 Å². The van der Waals surface area contributed by atoms with Gasteiger partial charge in [0.25, 0.3) is 10.0 Å². The largest absolute Gasteiger partial charge is 0.494 e. The van der Waals surface area contributed by atoms with Gasteiger partial charge in [-0.25, -0.2) is 8.42 Å². The fourth-order valence-electron chi connectivity index (χ4n) is 5.07. The lowest BCUT2D eigenvalue weighted by molar-refractivity contribution is -0.140. The predicted molar refractivity (Wildman–Crippen MR) is 178 cm³/mol. The summed E-state index contributed by atoms with van der Waals surface area (Å²) in [5.74, 6) is -0.270. The molecule has 0 saturated heterocycles. The lowest BCUT2D eigenvalue weighted by Gasteiger charge is -2.34. The zero-order valence-corrected chi connectivity index (χ0v) is 27.0. The standard InChI is InChI=1S/C36H41N3O5S/c1-5-44-32-19-21-33(22-20-32)45(42,43)39(31-17-10-7-11-18-31)26-35(40)38(25-30-16-12-13-28(4)23-30)34(36(41)37-27(2)3)24-29-14-8-6-9-15-29/h6-23,27,34H,5,24-26H2,1-4H3,(H,37,41). The summed E-state index contributed by atoms with van der Waals surface area (Å²) in [4.78, 5) is 29.8. The van der Waals surface area contributed by atoms with Crippen LogP contribution in [0.1, 0.15) is 37.5 Å². The SMILES string of the molecule is CCOc1ccc(S(=O)(=O)N(CC(=O)N(Cc2cccc(C)c2)C(Cc2ccccc2)C(=O)NC(C)C)c2ccccc2)cc1. The molecular formula is C36H41N3O5S. The molecular weight excluding hydrogens is 586 g/mol. The zero-order chi connectivity index (χ0) is 32.4. The van der Waals surface area contributed by atoms with E-state index in [0.29, 0.717) is 18.0 Å². The van der Waals surface area contributed by atoms with Crippen molar-refractivity contribution in [3.8, 4) is 5.75 Å². The number of amides is 2. The summed E-state index contributed by atoms with van der Waals surface area (Å²) in [7, 11) is -4.19. The highest BCUT2D eigenvalue weighted by Gasteiger charge is 2.34. The van der Waals surface area contributed by atoms with E-state index in [-0.39, 0.29) is 29.8 Å². The van der Waals surface area contributed by atoms with Crippen molar-refractivity contribution in [1.29, 1.82) is 0 Å². The number of benzene rings is 4. The second-order valence-electron chi connectivity index (χ2n) is 11.1. The molecule has 0 radical (unpaired) electrons. The van der Waals surface area contributed by atoms with E-state index in [1.165, 1.54) is 17.0 Å². The monoisotopic (exact) mass is 627 g/mol. The van der Waals surface area contributed by atoms with E-state index in [0.717, 1.165) is 21.0 Å². The lowest BCUT2D eigenvalue weighted by atomic mass is 10.0. The van der Waals surface area contributed by atoms with Crippen molar-refractivity contribution < 1.29 is 22.7 Å². The number of carbonyl (C=O) groups is 2. The highest BCUT2D eigenvalue weighted by molar-refractivity contribution is 7.92. The van der Waals surface area contributed by atoms with Gasteiger partial charge in [0.05, 0.1) is 17.2 Å². The van der Waals surface area contributed by atoms with Crippen molar-refractivity contribution >= 4 is 27.5 Å². The summed E-state index contributed by atoms with van der Waals surface area (Å²) in [5, 5.41) is 2.98. The van der Waals surface area contributed by atoms with Crippen LogP contribution in [0.4, 0.5) is 5.69 Å². The molecule has 2 amide bonds. The van der Waals surface area contributed by atoms with Crippen LogP contribution < -0.4 is 14.4 Å². The molecule has 236 valence electrons. The van der Waals surface area contributed by atoms with Crippen molar-refractivity contribution in [2.24, 2.45) is 0 Å². The van der Waals surface area contributed by atoms with Crippen LogP contribution in [0.15, 0.2) is 114 Å². The van der Waals surface area contributed by atoms with E-state index in [1.807, 2.05) is 82.3 Å². The molecule has 4 aromatic carbocycles. The van der Waals surface area contributed by atoms with Crippen LogP contribution in [0, 0.1) is 6.92 Å². The number of aryl methyl sites for hydroxylation is 1. The number of nitrogens with zero attached hydrogens (tertiary/aromatic N) is 2. The Labute approximate surface area is 266 Å². The molecule has 4 rings (SSSR count). The van der Waals surface area contributed by atoms with Gasteiger partial charge in [0.1, 0.15) is 18.3 Å². The average Bonchev–Trinajstić information content (AvgIpc) is 3.02. The van der Waals surface area contributed by atoms with E-state index < -0.39 is 28.5 Å². The molecule has 0 aliphatic rings. The molecule has 0 saturated carbocycles. The zero-order valence-electron chi connectivity index (χ0n) is 26.2. The summed E-state index contributed by atoms with van der Waals surface area (Å²) in [6.45, 7) is 7.60. The number of anilines is 1. The Kier molecular flexibility index (Phi) is 11.4. The molecule has 1 unspecified atom stereocenters.